The molecule has 0 aliphatic heterocycles. The summed E-state index contributed by atoms with van der Waals surface area (Å²) in [6, 6.07) is 0. The SMILES string of the molecule is O[C@@H]1CCCC2=C1CCC[C@H]2O. The Morgan fingerprint density at radius 1 is 0.833 bits per heavy atom. The van der Waals surface area contributed by atoms with Crippen molar-refractivity contribution >= 4 is 0 Å². The summed E-state index contributed by atoms with van der Waals surface area (Å²) in [5.74, 6) is 0. The van der Waals surface area contributed by atoms with Crippen LogP contribution in [0.2, 0.25) is 0 Å². The van der Waals surface area contributed by atoms with Gasteiger partial charge in [-0.1, -0.05) is 0 Å². The molecule has 68 valence electrons. The lowest BCUT2D eigenvalue weighted by Crippen LogP contribution is -2.27. The number of hydrogen-bond donors (Lipinski definition) is 2. The Bertz CT molecular complexity index is 186. The highest BCUT2D eigenvalue weighted by molar-refractivity contribution is 5.26. The van der Waals surface area contributed by atoms with Crippen LogP contribution in [0.25, 0.3) is 0 Å². The standard InChI is InChI=1S/C10H16O2/c11-9-5-1-3-7-8(9)4-2-6-10(7)12/h9-12H,1-6H2/t9-,10-/m1/s1. The van der Waals surface area contributed by atoms with Crippen LogP contribution in [0.1, 0.15) is 38.5 Å². The number of aliphatic hydroxyl groups excluding tert-OH is 2. The van der Waals surface area contributed by atoms with Gasteiger partial charge in [0.1, 0.15) is 0 Å². The molecule has 0 spiro atoms. The van der Waals surface area contributed by atoms with E-state index in [0.29, 0.717) is 0 Å². The fourth-order valence-corrected chi connectivity index (χ4v) is 2.40. The van der Waals surface area contributed by atoms with Crippen molar-refractivity contribution in [1.29, 1.82) is 0 Å². The van der Waals surface area contributed by atoms with Crippen LogP contribution in [-0.2, 0) is 0 Å². The van der Waals surface area contributed by atoms with Crippen molar-refractivity contribution < 1.29 is 10.2 Å². The summed E-state index contributed by atoms with van der Waals surface area (Å²) in [6.45, 7) is 0. The molecule has 0 aromatic heterocycles. The predicted molar refractivity (Wildman–Crippen MR) is 46.7 cm³/mol. The van der Waals surface area contributed by atoms with Gasteiger partial charge in [-0.2, -0.15) is 0 Å². The Kier molecular flexibility index (Phi) is 2.20. The molecular formula is C10H16O2. The van der Waals surface area contributed by atoms with Gasteiger partial charge in [-0.25, -0.2) is 0 Å². The average Bonchev–Trinajstić information content (AvgIpc) is 2.07. The number of hydrogen-bond acceptors (Lipinski definition) is 2. The predicted octanol–water partition coefficient (Wildman–Crippen LogP) is 1.37. The molecule has 0 radical (unpaired) electrons. The summed E-state index contributed by atoms with van der Waals surface area (Å²) in [5, 5.41) is 19.3. The lowest BCUT2D eigenvalue weighted by Gasteiger charge is -2.31. The Morgan fingerprint density at radius 2 is 1.25 bits per heavy atom. The van der Waals surface area contributed by atoms with Gasteiger partial charge in [-0.3, -0.25) is 0 Å². The van der Waals surface area contributed by atoms with Gasteiger partial charge in [0.25, 0.3) is 0 Å². The normalized spacial score (nSPS) is 36.5. The van der Waals surface area contributed by atoms with E-state index in [4.69, 9.17) is 0 Å². The fraction of sp³-hybridized carbons (Fsp3) is 0.800. The molecule has 2 atom stereocenters. The Balaban J connectivity index is 2.26. The van der Waals surface area contributed by atoms with Crippen molar-refractivity contribution in [3.63, 3.8) is 0 Å². The summed E-state index contributed by atoms with van der Waals surface area (Å²) in [7, 11) is 0. The van der Waals surface area contributed by atoms with Crippen molar-refractivity contribution in [2.24, 2.45) is 0 Å². The van der Waals surface area contributed by atoms with E-state index >= 15 is 0 Å². The van der Waals surface area contributed by atoms with E-state index in [0.717, 1.165) is 49.7 Å². The minimum atomic E-state index is -0.247. The van der Waals surface area contributed by atoms with Crippen LogP contribution in [0.4, 0.5) is 0 Å². The maximum atomic E-state index is 9.65. The molecule has 2 aliphatic carbocycles. The van der Waals surface area contributed by atoms with Gasteiger partial charge < -0.3 is 10.2 Å². The van der Waals surface area contributed by atoms with Crippen LogP contribution in [0.15, 0.2) is 11.1 Å². The van der Waals surface area contributed by atoms with E-state index < -0.39 is 0 Å². The molecule has 0 bridgehead atoms. The second-order valence-electron chi connectivity index (χ2n) is 3.87. The molecule has 2 heteroatoms. The van der Waals surface area contributed by atoms with E-state index in [1.165, 1.54) is 0 Å². The van der Waals surface area contributed by atoms with Gasteiger partial charge in [0, 0.05) is 0 Å². The topological polar surface area (TPSA) is 40.5 Å². The third-order valence-corrected chi connectivity index (χ3v) is 3.06. The fourth-order valence-electron chi connectivity index (χ4n) is 2.40. The van der Waals surface area contributed by atoms with E-state index in [1.807, 2.05) is 0 Å². The second-order valence-corrected chi connectivity index (χ2v) is 3.87. The van der Waals surface area contributed by atoms with Crippen LogP contribution in [0.5, 0.6) is 0 Å². The molecule has 12 heavy (non-hydrogen) atoms. The van der Waals surface area contributed by atoms with Gasteiger partial charge in [-0.05, 0) is 49.7 Å². The zero-order valence-corrected chi connectivity index (χ0v) is 7.29. The zero-order chi connectivity index (χ0) is 8.55. The highest BCUT2D eigenvalue weighted by Crippen LogP contribution is 2.35. The van der Waals surface area contributed by atoms with E-state index in [9.17, 15) is 10.2 Å². The van der Waals surface area contributed by atoms with Crippen molar-refractivity contribution in [2.45, 2.75) is 50.7 Å². The zero-order valence-electron chi connectivity index (χ0n) is 7.29. The first-order chi connectivity index (χ1) is 5.79. The minimum absolute atomic E-state index is 0.247. The van der Waals surface area contributed by atoms with Gasteiger partial charge in [0.05, 0.1) is 12.2 Å². The molecule has 0 saturated heterocycles. The smallest absolute Gasteiger partial charge is 0.0753 e. The van der Waals surface area contributed by atoms with Crippen LogP contribution >= 0.6 is 0 Å². The Labute approximate surface area is 72.9 Å². The summed E-state index contributed by atoms with van der Waals surface area (Å²) in [4.78, 5) is 0. The lowest BCUT2D eigenvalue weighted by atomic mass is 9.79. The molecule has 0 heterocycles. The van der Waals surface area contributed by atoms with Crippen LogP contribution in [-0.4, -0.2) is 22.4 Å². The van der Waals surface area contributed by atoms with E-state index in [1.54, 1.807) is 0 Å². The minimum Gasteiger partial charge on any atom is -0.389 e. The highest BCUT2D eigenvalue weighted by atomic mass is 16.3. The third kappa shape index (κ3) is 1.29. The van der Waals surface area contributed by atoms with Crippen LogP contribution in [0, 0.1) is 0 Å². The summed E-state index contributed by atoms with van der Waals surface area (Å²) in [5.41, 5.74) is 2.31. The Morgan fingerprint density at radius 3 is 1.67 bits per heavy atom. The molecule has 2 nitrogen and oxygen atoms in total. The first kappa shape index (κ1) is 8.27. The molecule has 0 fully saturated rings. The van der Waals surface area contributed by atoms with E-state index in [2.05, 4.69) is 0 Å². The molecule has 2 rings (SSSR count). The summed E-state index contributed by atoms with van der Waals surface area (Å²) in [6.07, 6.45) is 5.39. The summed E-state index contributed by atoms with van der Waals surface area (Å²) >= 11 is 0. The second kappa shape index (κ2) is 3.19. The largest absolute Gasteiger partial charge is 0.389 e. The van der Waals surface area contributed by atoms with Gasteiger partial charge in [0.15, 0.2) is 0 Å². The molecule has 0 amide bonds. The third-order valence-electron chi connectivity index (χ3n) is 3.06. The molecule has 0 saturated carbocycles. The van der Waals surface area contributed by atoms with Crippen molar-refractivity contribution in [3.05, 3.63) is 11.1 Å². The monoisotopic (exact) mass is 168 g/mol. The average molecular weight is 168 g/mol. The summed E-state index contributed by atoms with van der Waals surface area (Å²) < 4.78 is 0. The molecular weight excluding hydrogens is 152 g/mol. The van der Waals surface area contributed by atoms with Gasteiger partial charge in [0.2, 0.25) is 0 Å². The van der Waals surface area contributed by atoms with Crippen molar-refractivity contribution in [2.75, 3.05) is 0 Å². The van der Waals surface area contributed by atoms with E-state index in [-0.39, 0.29) is 12.2 Å². The van der Waals surface area contributed by atoms with Gasteiger partial charge >= 0.3 is 0 Å². The van der Waals surface area contributed by atoms with Crippen LogP contribution < -0.4 is 0 Å². The molecule has 0 aromatic rings. The first-order valence-electron chi connectivity index (χ1n) is 4.87. The maximum Gasteiger partial charge on any atom is 0.0753 e. The quantitative estimate of drug-likeness (QED) is 0.536. The number of aliphatic hydroxyl groups is 2. The molecule has 0 aromatic carbocycles. The molecule has 2 aliphatic rings. The Hall–Kier alpha value is -0.340. The van der Waals surface area contributed by atoms with Gasteiger partial charge in [-0.15, -0.1) is 0 Å². The lowest BCUT2D eigenvalue weighted by molar-refractivity contribution is 0.140. The van der Waals surface area contributed by atoms with Crippen molar-refractivity contribution in [3.8, 4) is 0 Å². The highest BCUT2D eigenvalue weighted by Gasteiger charge is 2.27. The maximum absolute atomic E-state index is 9.65. The first-order valence-corrected chi connectivity index (χ1v) is 4.87. The molecule has 0 unspecified atom stereocenters. The number of rotatable bonds is 0. The molecule has 2 N–H and O–H groups in total. The van der Waals surface area contributed by atoms with Crippen LogP contribution in [0.3, 0.4) is 0 Å². The van der Waals surface area contributed by atoms with Crippen molar-refractivity contribution in [1.82, 2.24) is 0 Å².